The highest BCUT2D eigenvalue weighted by molar-refractivity contribution is 5.74. The molecule has 0 atom stereocenters. The first-order valence-electron chi connectivity index (χ1n) is 6.85. The molecule has 0 spiro atoms. The summed E-state index contributed by atoms with van der Waals surface area (Å²) < 4.78 is 5.40. The summed E-state index contributed by atoms with van der Waals surface area (Å²) in [6.45, 7) is 12.5. The summed E-state index contributed by atoms with van der Waals surface area (Å²) in [5, 5.41) is 5.78. The van der Waals surface area contributed by atoms with E-state index in [1.54, 1.807) is 7.11 Å². The first-order valence-corrected chi connectivity index (χ1v) is 6.85. The van der Waals surface area contributed by atoms with Crippen molar-refractivity contribution >= 4 is 6.03 Å². The number of ether oxygens (including phenoxy) is 1. The topological polar surface area (TPSA) is 50.4 Å². The highest BCUT2D eigenvalue weighted by Crippen LogP contribution is 2.28. The molecule has 1 rings (SSSR count). The molecule has 1 aromatic carbocycles. The van der Waals surface area contributed by atoms with Crippen molar-refractivity contribution in [3.63, 3.8) is 0 Å². The molecule has 2 N–H and O–H groups in total. The van der Waals surface area contributed by atoms with Gasteiger partial charge in [0.2, 0.25) is 0 Å². The van der Waals surface area contributed by atoms with Gasteiger partial charge >= 0.3 is 6.03 Å². The van der Waals surface area contributed by atoms with Gasteiger partial charge in [-0.25, -0.2) is 4.79 Å². The molecule has 4 heteroatoms. The summed E-state index contributed by atoms with van der Waals surface area (Å²) in [4.78, 5) is 11.8. The van der Waals surface area contributed by atoms with Gasteiger partial charge in [-0.1, -0.05) is 6.07 Å². The summed E-state index contributed by atoms with van der Waals surface area (Å²) in [6, 6.07) is 1.92. The zero-order valence-corrected chi connectivity index (χ0v) is 13.6. The van der Waals surface area contributed by atoms with E-state index in [1.165, 1.54) is 0 Å². The number of hydrogen-bond donors (Lipinski definition) is 2. The van der Waals surface area contributed by atoms with Crippen molar-refractivity contribution in [3.05, 3.63) is 28.3 Å². The second-order valence-corrected chi connectivity index (χ2v) is 6.19. The van der Waals surface area contributed by atoms with E-state index in [1.807, 2.05) is 34.6 Å². The van der Waals surface area contributed by atoms with E-state index in [0.717, 1.165) is 28.0 Å². The summed E-state index contributed by atoms with van der Waals surface area (Å²) in [7, 11) is 1.68. The number of urea groups is 1. The van der Waals surface area contributed by atoms with E-state index in [0.29, 0.717) is 6.54 Å². The number of rotatable bonds is 3. The maximum absolute atomic E-state index is 11.8. The van der Waals surface area contributed by atoms with Crippen LogP contribution in [-0.4, -0.2) is 18.7 Å². The average Bonchev–Trinajstić information content (AvgIpc) is 2.30. The van der Waals surface area contributed by atoms with Crippen LogP contribution in [0.1, 0.15) is 43.0 Å². The zero-order valence-electron chi connectivity index (χ0n) is 13.6. The molecule has 0 unspecified atom stereocenters. The molecule has 0 radical (unpaired) electrons. The van der Waals surface area contributed by atoms with E-state index in [2.05, 4.69) is 23.6 Å². The van der Waals surface area contributed by atoms with E-state index in [9.17, 15) is 4.79 Å². The number of carbonyl (C=O) groups excluding carboxylic acids is 1. The van der Waals surface area contributed by atoms with Gasteiger partial charge in [-0.3, -0.25) is 0 Å². The Morgan fingerprint density at radius 1 is 1.20 bits per heavy atom. The molecule has 0 bridgehead atoms. The number of carbonyl (C=O) groups is 1. The minimum atomic E-state index is -0.231. The van der Waals surface area contributed by atoms with E-state index < -0.39 is 0 Å². The molecule has 0 heterocycles. The highest BCUT2D eigenvalue weighted by atomic mass is 16.5. The van der Waals surface area contributed by atoms with Crippen LogP contribution in [0.25, 0.3) is 0 Å². The van der Waals surface area contributed by atoms with Gasteiger partial charge < -0.3 is 15.4 Å². The Labute approximate surface area is 121 Å². The summed E-state index contributed by atoms with van der Waals surface area (Å²) in [6.07, 6.45) is 0. The van der Waals surface area contributed by atoms with Crippen molar-refractivity contribution in [2.24, 2.45) is 0 Å². The Hall–Kier alpha value is -1.71. The van der Waals surface area contributed by atoms with Crippen molar-refractivity contribution in [1.82, 2.24) is 10.6 Å². The molecule has 0 aliphatic rings. The van der Waals surface area contributed by atoms with E-state index in [4.69, 9.17) is 4.74 Å². The predicted octanol–water partition coefficient (Wildman–Crippen LogP) is 3.22. The maximum atomic E-state index is 11.8. The molecule has 2 amide bonds. The number of benzene rings is 1. The van der Waals surface area contributed by atoms with Crippen LogP contribution in [0.4, 0.5) is 4.79 Å². The van der Waals surface area contributed by atoms with Crippen LogP contribution < -0.4 is 15.4 Å². The first-order chi connectivity index (χ1) is 9.15. The largest absolute Gasteiger partial charge is 0.496 e. The third-order valence-corrected chi connectivity index (χ3v) is 3.27. The summed E-state index contributed by atoms with van der Waals surface area (Å²) in [5.41, 5.74) is 4.25. The molecule has 0 saturated carbocycles. The summed E-state index contributed by atoms with van der Waals surface area (Å²) in [5.74, 6) is 0.922. The molecule has 0 saturated heterocycles. The lowest BCUT2D eigenvalue weighted by atomic mass is 9.98. The van der Waals surface area contributed by atoms with Crippen molar-refractivity contribution in [2.75, 3.05) is 7.11 Å². The van der Waals surface area contributed by atoms with Crippen LogP contribution in [0.2, 0.25) is 0 Å². The second-order valence-electron chi connectivity index (χ2n) is 6.19. The molecule has 4 nitrogen and oxygen atoms in total. The fourth-order valence-electron chi connectivity index (χ4n) is 2.20. The predicted molar refractivity (Wildman–Crippen MR) is 82.3 cm³/mol. The van der Waals surface area contributed by atoms with Gasteiger partial charge in [0.1, 0.15) is 5.75 Å². The Morgan fingerprint density at radius 2 is 1.80 bits per heavy atom. The fourth-order valence-corrected chi connectivity index (χ4v) is 2.20. The van der Waals surface area contributed by atoms with Crippen LogP contribution in [0.15, 0.2) is 6.07 Å². The van der Waals surface area contributed by atoms with Gasteiger partial charge in [0.05, 0.1) is 7.11 Å². The Balaban J connectivity index is 2.82. The first kappa shape index (κ1) is 16.3. The third-order valence-electron chi connectivity index (χ3n) is 3.27. The van der Waals surface area contributed by atoms with Crippen LogP contribution in [0.3, 0.4) is 0 Å². The van der Waals surface area contributed by atoms with Crippen LogP contribution in [-0.2, 0) is 6.54 Å². The molecule has 112 valence electrons. The third kappa shape index (κ3) is 4.15. The lowest BCUT2D eigenvalue weighted by molar-refractivity contribution is 0.231. The normalized spacial score (nSPS) is 11.2. The molecule has 0 aliphatic carbocycles. The molecule has 0 aromatic heterocycles. The standard InChI is InChI=1S/C16H26N2O2/c1-10-8-13(11(2)12(3)14(10)20-7)9-17-15(19)18-16(4,5)6/h8H,9H2,1-7H3,(H2,17,18,19). The van der Waals surface area contributed by atoms with Crippen molar-refractivity contribution in [1.29, 1.82) is 0 Å². The Bertz CT molecular complexity index is 502. The number of methoxy groups -OCH3 is 1. The second kappa shape index (κ2) is 6.16. The van der Waals surface area contributed by atoms with Gasteiger partial charge in [-0.2, -0.15) is 0 Å². The van der Waals surface area contributed by atoms with Crippen LogP contribution in [0.5, 0.6) is 5.75 Å². The molecular formula is C16H26N2O2. The number of nitrogens with one attached hydrogen (secondary N) is 2. The van der Waals surface area contributed by atoms with Gasteiger partial charge in [-0.05, 0) is 63.8 Å². The summed E-state index contributed by atoms with van der Waals surface area (Å²) >= 11 is 0. The quantitative estimate of drug-likeness (QED) is 0.892. The molecule has 0 aliphatic heterocycles. The van der Waals surface area contributed by atoms with Crippen molar-refractivity contribution in [3.8, 4) is 5.75 Å². The van der Waals surface area contributed by atoms with Crippen LogP contribution >= 0.6 is 0 Å². The van der Waals surface area contributed by atoms with Gasteiger partial charge in [0.15, 0.2) is 0 Å². The highest BCUT2D eigenvalue weighted by Gasteiger charge is 2.14. The molecular weight excluding hydrogens is 252 g/mol. The van der Waals surface area contributed by atoms with Gasteiger partial charge in [-0.15, -0.1) is 0 Å². The van der Waals surface area contributed by atoms with Gasteiger partial charge in [0.25, 0.3) is 0 Å². The fraction of sp³-hybridized carbons (Fsp3) is 0.562. The van der Waals surface area contributed by atoms with Gasteiger partial charge in [0, 0.05) is 12.1 Å². The molecule has 0 fully saturated rings. The minimum absolute atomic E-state index is 0.150. The van der Waals surface area contributed by atoms with E-state index in [-0.39, 0.29) is 11.6 Å². The average molecular weight is 278 g/mol. The maximum Gasteiger partial charge on any atom is 0.315 e. The Kier molecular flexibility index (Phi) is 5.03. The van der Waals surface area contributed by atoms with Crippen LogP contribution in [0, 0.1) is 20.8 Å². The lowest BCUT2D eigenvalue weighted by Crippen LogP contribution is -2.46. The zero-order chi connectivity index (χ0) is 15.5. The van der Waals surface area contributed by atoms with E-state index >= 15 is 0 Å². The Morgan fingerprint density at radius 3 is 2.30 bits per heavy atom. The minimum Gasteiger partial charge on any atom is -0.496 e. The SMILES string of the molecule is COc1c(C)cc(CNC(=O)NC(C)(C)C)c(C)c1C. The molecule has 20 heavy (non-hydrogen) atoms. The lowest BCUT2D eigenvalue weighted by Gasteiger charge is -2.21. The molecule has 1 aromatic rings. The smallest absolute Gasteiger partial charge is 0.315 e. The monoisotopic (exact) mass is 278 g/mol. The number of amides is 2. The number of aryl methyl sites for hydroxylation is 1. The van der Waals surface area contributed by atoms with Crippen molar-refractivity contribution < 1.29 is 9.53 Å². The number of hydrogen-bond acceptors (Lipinski definition) is 2. The van der Waals surface area contributed by atoms with Crippen molar-refractivity contribution in [2.45, 2.75) is 53.6 Å².